The second-order valence-corrected chi connectivity index (χ2v) is 6.40. The van der Waals surface area contributed by atoms with Crippen molar-refractivity contribution in [3.63, 3.8) is 0 Å². The van der Waals surface area contributed by atoms with Crippen LogP contribution in [0.4, 0.5) is 0 Å². The van der Waals surface area contributed by atoms with Crippen LogP contribution in [0.15, 0.2) is 6.20 Å². The fourth-order valence-corrected chi connectivity index (χ4v) is 3.37. The molecule has 0 aromatic carbocycles. The molecular formula is C9H14ClN6O2S+. The minimum atomic E-state index is -1.20. The lowest BCUT2D eigenvalue weighted by Gasteiger charge is -2.42. The third-order valence-electron chi connectivity index (χ3n) is 3.06. The van der Waals surface area contributed by atoms with Gasteiger partial charge in [-0.1, -0.05) is 17.3 Å². The molecule has 1 aromatic heterocycles. The monoisotopic (exact) mass is 305 g/mol. The summed E-state index contributed by atoms with van der Waals surface area (Å²) in [7, 11) is 3.43. The third kappa shape index (κ3) is 2.71. The van der Waals surface area contributed by atoms with Crippen LogP contribution in [0.5, 0.6) is 0 Å². The standard InChI is InChI=1S/C9H14ClN6O2S/c1-13-5-14(2)9(11)16(6-13,15(17)18)4-7-3-12-8(10)19-7/h3,9H,4-6H2,1-2H3/q+1. The average molecular weight is 306 g/mol. The normalized spacial score (nSPS) is 29.6. The first-order valence-corrected chi connectivity index (χ1v) is 6.73. The van der Waals surface area contributed by atoms with Gasteiger partial charge >= 0.3 is 0 Å². The van der Waals surface area contributed by atoms with Gasteiger partial charge in [-0.25, -0.2) is 24.9 Å². The first-order chi connectivity index (χ1) is 8.85. The molecule has 1 aromatic rings. The van der Waals surface area contributed by atoms with Crippen LogP contribution in [0, 0.1) is 10.1 Å². The van der Waals surface area contributed by atoms with Gasteiger partial charge in [-0.2, -0.15) is 0 Å². The predicted octanol–water partition coefficient (Wildman–Crippen LogP) is 0.450. The molecule has 104 valence electrons. The van der Waals surface area contributed by atoms with Crippen LogP contribution in [-0.2, 0) is 6.54 Å². The lowest BCUT2D eigenvalue weighted by atomic mass is 10.4. The summed E-state index contributed by atoms with van der Waals surface area (Å²) in [5.74, 6) is 0. The summed E-state index contributed by atoms with van der Waals surface area (Å²) < 4.78 is -0.351. The first-order valence-electron chi connectivity index (χ1n) is 5.54. The maximum absolute atomic E-state index is 11.5. The zero-order valence-corrected chi connectivity index (χ0v) is 12.1. The van der Waals surface area contributed by atoms with Crippen LogP contribution in [0.1, 0.15) is 4.88 Å². The Morgan fingerprint density at radius 1 is 1.74 bits per heavy atom. The molecule has 1 aliphatic rings. The van der Waals surface area contributed by atoms with Gasteiger partial charge in [0.05, 0.1) is 11.5 Å². The first kappa shape index (κ1) is 14.6. The predicted molar refractivity (Wildman–Crippen MR) is 69.3 cm³/mol. The largest absolute Gasteiger partial charge is 0.294 e. The molecular weight excluding hydrogens is 292 g/mol. The quantitative estimate of drug-likeness (QED) is 0.460. The second-order valence-electron chi connectivity index (χ2n) is 4.70. The fraction of sp³-hybridized carbons (Fsp3) is 0.667. The van der Waals surface area contributed by atoms with E-state index in [2.05, 4.69) is 4.98 Å². The maximum Gasteiger partial charge on any atom is 0.294 e. The molecule has 2 atom stereocenters. The highest BCUT2D eigenvalue weighted by molar-refractivity contribution is 7.15. The maximum atomic E-state index is 11.5. The van der Waals surface area contributed by atoms with Crippen molar-refractivity contribution >= 4 is 22.9 Å². The summed E-state index contributed by atoms with van der Waals surface area (Å²) >= 11 is 6.93. The fourth-order valence-electron chi connectivity index (χ4n) is 2.31. The molecule has 0 saturated carbocycles. The number of hydrogen-bond donors (Lipinski definition) is 0. The minimum Gasteiger partial charge on any atom is -0.242 e. The summed E-state index contributed by atoms with van der Waals surface area (Å²) in [5.41, 5.74) is 10.2. The van der Waals surface area contributed by atoms with Gasteiger partial charge in [0.2, 0.25) is 5.03 Å². The zero-order chi connectivity index (χ0) is 14.2. The van der Waals surface area contributed by atoms with Gasteiger partial charge in [0.1, 0.15) is 0 Å². The van der Waals surface area contributed by atoms with E-state index in [0.29, 0.717) is 16.0 Å². The summed E-state index contributed by atoms with van der Waals surface area (Å²) in [6.45, 7) is 0.639. The van der Waals surface area contributed by atoms with E-state index in [0.717, 1.165) is 0 Å². The zero-order valence-electron chi connectivity index (χ0n) is 10.6. The summed E-state index contributed by atoms with van der Waals surface area (Å²) in [6.07, 6.45) is 0.310. The average Bonchev–Trinajstić information content (AvgIpc) is 2.70. The van der Waals surface area contributed by atoms with E-state index in [1.54, 1.807) is 19.0 Å². The Bertz CT molecular complexity index is 485. The molecule has 19 heavy (non-hydrogen) atoms. The number of thiazole rings is 1. The van der Waals surface area contributed by atoms with Crippen LogP contribution in [0.25, 0.3) is 0 Å². The van der Waals surface area contributed by atoms with Crippen molar-refractivity contribution in [1.82, 2.24) is 20.5 Å². The molecule has 2 unspecified atom stereocenters. The van der Waals surface area contributed by atoms with Crippen molar-refractivity contribution in [2.45, 2.75) is 12.8 Å². The van der Waals surface area contributed by atoms with Crippen molar-refractivity contribution in [2.24, 2.45) is 0 Å². The molecule has 1 saturated heterocycles. The number of aromatic nitrogens is 1. The highest BCUT2D eigenvalue weighted by Crippen LogP contribution is 2.28. The van der Waals surface area contributed by atoms with Crippen molar-refractivity contribution < 1.29 is 9.62 Å². The molecule has 0 N–H and O–H groups in total. The Labute approximate surface area is 119 Å². The number of halogens is 1. The van der Waals surface area contributed by atoms with Crippen LogP contribution in [0.3, 0.4) is 0 Å². The second kappa shape index (κ2) is 5.27. The van der Waals surface area contributed by atoms with Crippen LogP contribution in [-0.4, -0.2) is 58.1 Å². The smallest absolute Gasteiger partial charge is 0.242 e. The topological polar surface area (TPSA) is 84.8 Å². The number of hydrogen-bond acceptors (Lipinski definition) is 6. The van der Waals surface area contributed by atoms with Gasteiger partial charge in [0.25, 0.3) is 6.29 Å². The molecule has 0 bridgehead atoms. The van der Waals surface area contributed by atoms with Crippen molar-refractivity contribution in [3.8, 4) is 0 Å². The summed E-state index contributed by atoms with van der Waals surface area (Å²) in [5, 5.41) is 11.1. The van der Waals surface area contributed by atoms with Crippen molar-refractivity contribution in [3.05, 3.63) is 25.7 Å². The molecule has 2 rings (SSSR count). The minimum absolute atomic E-state index is 0.0488. The summed E-state index contributed by atoms with van der Waals surface area (Å²) in [6, 6.07) is 0. The lowest BCUT2D eigenvalue weighted by molar-refractivity contribution is -1.35. The van der Waals surface area contributed by atoms with E-state index in [-0.39, 0.29) is 13.2 Å². The van der Waals surface area contributed by atoms with Gasteiger partial charge < -0.3 is 0 Å². The number of rotatable bonds is 3. The highest BCUT2D eigenvalue weighted by Gasteiger charge is 2.54. The molecule has 2 radical (unpaired) electrons. The highest BCUT2D eigenvalue weighted by atomic mass is 35.5. The molecule has 0 aliphatic carbocycles. The molecule has 0 amide bonds. The van der Waals surface area contributed by atoms with Gasteiger partial charge in [-0.05, 0) is 14.1 Å². The molecule has 2 heterocycles. The Morgan fingerprint density at radius 3 is 2.95 bits per heavy atom. The third-order valence-corrected chi connectivity index (χ3v) is 4.15. The van der Waals surface area contributed by atoms with Crippen molar-refractivity contribution in [2.75, 3.05) is 27.4 Å². The Kier molecular flexibility index (Phi) is 4.04. The van der Waals surface area contributed by atoms with E-state index in [4.69, 9.17) is 11.6 Å². The van der Waals surface area contributed by atoms with Gasteiger partial charge in [0.15, 0.2) is 17.7 Å². The van der Waals surface area contributed by atoms with Gasteiger partial charge in [-0.15, -0.1) is 11.3 Å². The van der Waals surface area contributed by atoms with E-state index in [1.807, 2.05) is 0 Å². The number of quaternary nitrogens is 1. The van der Waals surface area contributed by atoms with E-state index >= 15 is 0 Å². The van der Waals surface area contributed by atoms with Crippen molar-refractivity contribution in [1.29, 1.82) is 0 Å². The van der Waals surface area contributed by atoms with Gasteiger partial charge in [0, 0.05) is 10.8 Å². The van der Waals surface area contributed by atoms with Gasteiger partial charge in [-0.3, -0.25) is 0 Å². The Hall–Kier alpha value is -0.840. The molecule has 1 fully saturated rings. The van der Waals surface area contributed by atoms with Crippen LogP contribution in [0.2, 0.25) is 4.47 Å². The Morgan fingerprint density at radius 2 is 2.42 bits per heavy atom. The van der Waals surface area contributed by atoms with E-state index in [9.17, 15) is 15.8 Å². The summed E-state index contributed by atoms with van der Waals surface area (Å²) in [4.78, 5) is 19.4. The lowest BCUT2D eigenvalue weighted by Crippen LogP contribution is -2.72. The van der Waals surface area contributed by atoms with Crippen LogP contribution >= 0.6 is 22.9 Å². The van der Waals surface area contributed by atoms with Crippen LogP contribution < -0.4 is 5.73 Å². The number of nitrogens with zero attached hydrogens (tertiary/aromatic N) is 6. The molecule has 0 spiro atoms. The molecule has 8 nitrogen and oxygen atoms in total. The van der Waals surface area contributed by atoms with E-state index in [1.165, 1.54) is 22.4 Å². The molecule has 1 aliphatic heterocycles. The molecule has 10 heteroatoms. The Balaban J connectivity index is 2.33. The number of nitro groups is 1. The van der Waals surface area contributed by atoms with E-state index < -0.39 is 15.9 Å². The SMILES string of the molecule is CN1CN(C)C([N])[N+](Cc2cnc(Cl)s2)([N+](=O)[O-])C1.